The number of benzene rings is 1. The van der Waals surface area contributed by atoms with Gasteiger partial charge in [-0.25, -0.2) is 4.68 Å². The van der Waals surface area contributed by atoms with E-state index in [1.165, 1.54) is 23.5 Å². The molecule has 28 heavy (non-hydrogen) atoms. The van der Waals surface area contributed by atoms with E-state index in [1.54, 1.807) is 23.0 Å². The number of aryl methyl sites for hydroxylation is 1. The van der Waals surface area contributed by atoms with Crippen molar-refractivity contribution in [1.29, 1.82) is 0 Å². The first-order chi connectivity index (χ1) is 13.7. The number of amides is 1. The molecule has 0 radical (unpaired) electrons. The maximum atomic E-state index is 12.5. The van der Waals surface area contributed by atoms with Crippen LogP contribution in [0.25, 0.3) is 5.69 Å². The van der Waals surface area contributed by atoms with Crippen LogP contribution >= 0.6 is 0 Å². The highest BCUT2D eigenvalue weighted by Crippen LogP contribution is 2.35. The summed E-state index contributed by atoms with van der Waals surface area (Å²) in [7, 11) is 0. The number of hydrogen-bond acceptors (Lipinski definition) is 3. The monoisotopic (exact) mass is 376 g/mol. The summed E-state index contributed by atoms with van der Waals surface area (Å²) in [5.74, 6) is 1.01. The third-order valence-electron chi connectivity index (χ3n) is 5.25. The highest BCUT2D eigenvalue weighted by atomic mass is 16.2. The maximum absolute atomic E-state index is 12.5. The second kappa shape index (κ2) is 8.25. The predicted octanol–water partition coefficient (Wildman–Crippen LogP) is 3.72. The lowest BCUT2D eigenvalue weighted by Crippen LogP contribution is -2.22. The lowest BCUT2D eigenvalue weighted by Gasteiger charge is -2.09. The van der Waals surface area contributed by atoms with Gasteiger partial charge in [0.1, 0.15) is 5.82 Å². The number of pyridine rings is 1. The van der Waals surface area contributed by atoms with E-state index in [0.29, 0.717) is 18.3 Å². The number of nitrogens with zero attached hydrogens (tertiary/aromatic N) is 3. The molecule has 1 aromatic carbocycles. The van der Waals surface area contributed by atoms with Gasteiger partial charge in [-0.2, -0.15) is 5.10 Å². The zero-order chi connectivity index (χ0) is 19.3. The van der Waals surface area contributed by atoms with Gasteiger partial charge >= 0.3 is 0 Å². The topological polar surface area (TPSA) is 68.9 Å². The molecule has 144 valence electrons. The standard InChI is InChI=1S/C22H24N4O2/c27-21(13-15-25-14-7-6-12-22(25)28)23-20-16-19(17-8-4-5-9-17)24-26(20)18-10-2-1-3-11-18/h1-3,6-7,10-12,14,16-17H,4-5,8-9,13,15H2,(H,23,27). The van der Waals surface area contributed by atoms with Crippen molar-refractivity contribution in [2.75, 3.05) is 5.32 Å². The van der Waals surface area contributed by atoms with Crippen LogP contribution in [0.15, 0.2) is 65.6 Å². The van der Waals surface area contributed by atoms with Gasteiger partial charge in [-0.15, -0.1) is 0 Å². The fourth-order valence-electron chi connectivity index (χ4n) is 3.75. The van der Waals surface area contributed by atoms with E-state index in [9.17, 15) is 9.59 Å². The number of nitrogens with one attached hydrogen (secondary N) is 1. The first kappa shape index (κ1) is 18.2. The summed E-state index contributed by atoms with van der Waals surface area (Å²) < 4.78 is 3.35. The lowest BCUT2D eigenvalue weighted by molar-refractivity contribution is -0.116. The van der Waals surface area contributed by atoms with Crippen LogP contribution in [0.4, 0.5) is 5.82 Å². The van der Waals surface area contributed by atoms with Gasteiger partial charge in [-0.05, 0) is 31.0 Å². The largest absolute Gasteiger partial charge is 0.315 e. The normalized spacial score (nSPS) is 14.3. The zero-order valence-electron chi connectivity index (χ0n) is 15.8. The fraction of sp³-hybridized carbons (Fsp3) is 0.318. The molecule has 1 aliphatic rings. The van der Waals surface area contributed by atoms with E-state index in [4.69, 9.17) is 5.10 Å². The molecule has 2 aromatic heterocycles. The summed E-state index contributed by atoms with van der Waals surface area (Å²) >= 11 is 0. The van der Waals surface area contributed by atoms with Crippen molar-refractivity contribution in [2.24, 2.45) is 0 Å². The Bertz CT molecular complexity index is 1000. The zero-order valence-corrected chi connectivity index (χ0v) is 15.8. The Morgan fingerprint density at radius 2 is 1.82 bits per heavy atom. The molecule has 1 N–H and O–H groups in total. The molecule has 2 heterocycles. The molecule has 3 aromatic rings. The molecule has 0 aliphatic heterocycles. The minimum absolute atomic E-state index is 0.104. The molecular weight excluding hydrogens is 352 g/mol. The Morgan fingerprint density at radius 1 is 1.07 bits per heavy atom. The summed E-state index contributed by atoms with van der Waals surface area (Å²) in [6, 6.07) is 16.8. The highest BCUT2D eigenvalue weighted by Gasteiger charge is 2.22. The van der Waals surface area contributed by atoms with Gasteiger partial charge in [0.2, 0.25) is 5.91 Å². The van der Waals surface area contributed by atoms with E-state index in [-0.39, 0.29) is 17.9 Å². The molecular formula is C22H24N4O2. The average molecular weight is 376 g/mol. The van der Waals surface area contributed by atoms with E-state index in [2.05, 4.69) is 5.32 Å². The SMILES string of the molecule is O=C(CCn1ccccc1=O)Nc1cc(C2CCCC2)nn1-c1ccccc1. The first-order valence-electron chi connectivity index (χ1n) is 9.81. The fourth-order valence-corrected chi connectivity index (χ4v) is 3.75. The Labute approximate surface area is 163 Å². The van der Waals surface area contributed by atoms with Gasteiger partial charge in [-0.3, -0.25) is 9.59 Å². The van der Waals surface area contributed by atoms with Crippen LogP contribution in [0.3, 0.4) is 0 Å². The Kier molecular flexibility index (Phi) is 5.37. The molecule has 0 bridgehead atoms. The van der Waals surface area contributed by atoms with E-state index in [1.807, 2.05) is 36.4 Å². The first-order valence-corrected chi connectivity index (χ1v) is 9.81. The van der Waals surface area contributed by atoms with Crippen molar-refractivity contribution in [1.82, 2.24) is 14.3 Å². The number of rotatable bonds is 6. The molecule has 1 aliphatic carbocycles. The molecule has 1 amide bonds. The Hall–Kier alpha value is -3.15. The number of hydrogen-bond donors (Lipinski definition) is 1. The van der Waals surface area contributed by atoms with Crippen LogP contribution in [0.1, 0.15) is 43.7 Å². The number of carbonyl (C=O) groups is 1. The van der Waals surface area contributed by atoms with Crippen molar-refractivity contribution in [2.45, 2.75) is 44.6 Å². The average Bonchev–Trinajstić information content (AvgIpc) is 3.38. The number of carbonyl (C=O) groups excluding carboxylic acids is 1. The predicted molar refractivity (Wildman–Crippen MR) is 109 cm³/mol. The Balaban J connectivity index is 1.53. The van der Waals surface area contributed by atoms with Crippen molar-refractivity contribution in [3.63, 3.8) is 0 Å². The lowest BCUT2D eigenvalue weighted by atomic mass is 10.0. The van der Waals surface area contributed by atoms with Crippen LogP contribution in [-0.4, -0.2) is 20.3 Å². The van der Waals surface area contributed by atoms with Crippen molar-refractivity contribution < 1.29 is 4.79 Å². The molecule has 6 heteroatoms. The molecule has 1 fully saturated rings. The summed E-state index contributed by atoms with van der Waals surface area (Å²) in [6.07, 6.45) is 6.68. The minimum atomic E-state index is -0.134. The van der Waals surface area contributed by atoms with Crippen LogP contribution in [-0.2, 0) is 11.3 Å². The summed E-state index contributed by atoms with van der Waals surface area (Å²) in [5.41, 5.74) is 1.85. The molecule has 0 unspecified atom stereocenters. The molecule has 0 atom stereocenters. The second-order valence-electron chi connectivity index (χ2n) is 7.21. The molecule has 0 spiro atoms. The third kappa shape index (κ3) is 4.06. The van der Waals surface area contributed by atoms with Gasteiger partial charge in [0.15, 0.2) is 0 Å². The number of para-hydroxylation sites is 1. The number of aromatic nitrogens is 3. The van der Waals surface area contributed by atoms with E-state index >= 15 is 0 Å². The van der Waals surface area contributed by atoms with Gasteiger partial charge in [-0.1, -0.05) is 37.1 Å². The number of anilines is 1. The quantitative estimate of drug-likeness (QED) is 0.713. The van der Waals surface area contributed by atoms with Crippen molar-refractivity contribution in [3.8, 4) is 5.69 Å². The van der Waals surface area contributed by atoms with Gasteiger partial charge in [0.25, 0.3) is 5.56 Å². The minimum Gasteiger partial charge on any atom is -0.315 e. The summed E-state index contributed by atoms with van der Waals surface area (Å²) in [4.78, 5) is 24.3. The smallest absolute Gasteiger partial charge is 0.250 e. The van der Waals surface area contributed by atoms with Crippen molar-refractivity contribution >= 4 is 11.7 Å². The van der Waals surface area contributed by atoms with E-state index < -0.39 is 0 Å². The molecule has 0 saturated heterocycles. The van der Waals surface area contributed by atoms with Crippen LogP contribution in [0.2, 0.25) is 0 Å². The van der Waals surface area contributed by atoms with Crippen LogP contribution < -0.4 is 10.9 Å². The van der Waals surface area contributed by atoms with Gasteiger partial charge < -0.3 is 9.88 Å². The summed E-state index contributed by atoms with van der Waals surface area (Å²) in [5, 5.41) is 7.78. The summed E-state index contributed by atoms with van der Waals surface area (Å²) in [6.45, 7) is 0.348. The Morgan fingerprint density at radius 3 is 2.57 bits per heavy atom. The highest BCUT2D eigenvalue weighted by molar-refractivity contribution is 5.90. The third-order valence-corrected chi connectivity index (χ3v) is 5.25. The van der Waals surface area contributed by atoms with Crippen LogP contribution in [0, 0.1) is 0 Å². The molecule has 4 rings (SSSR count). The van der Waals surface area contributed by atoms with Crippen molar-refractivity contribution in [3.05, 3.63) is 76.8 Å². The van der Waals surface area contributed by atoms with Gasteiger partial charge in [0, 0.05) is 37.2 Å². The van der Waals surface area contributed by atoms with Crippen LogP contribution in [0.5, 0.6) is 0 Å². The maximum Gasteiger partial charge on any atom is 0.250 e. The molecule has 6 nitrogen and oxygen atoms in total. The van der Waals surface area contributed by atoms with E-state index in [0.717, 1.165) is 24.2 Å². The second-order valence-corrected chi connectivity index (χ2v) is 7.21. The molecule has 1 saturated carbocycles. The van der Waals surface area contributed by atoms with Gasteiger partial charge in [0.05, 0.1) is 11.4 Å².